The lowest BCUT2D eigenvalue weighted by Crippen LogP contribution is -2.59. The smallest absolute Gasteiger partial charge is 0.339 e. The lowest BCUT2D eigenvalue weighted by atomic mass is 9.88. The number of carbonyl (C=O) groups excluding carboxylic acids is 1. The molecule has 0 aromatic heterocycles. The number of hydrogen-bond acceptors (Lipinski definition) is 5. The first kappa shape index (κ1) is 16.4. The van der Waals surface area contributed by atoms with Gasteiger partial charge in [-0.25, -0.2) is 9.52 Å². The van der Waals surface area contributed by atoms with Crippen LogP contribution < -0.4 is 4.72 Å². The van der Waals surface area contributed by atoms with Crippen LogP contribution in [-0.2, 0) is 15.1 Å². The number of benzene rings is 1. The van der Waals surface area contributed by atoms with E-state index >= 15 is 0 Å². The number of carboxylic acids is 1. The van der Waals surface area contributed by atoms with E-state index in [1.165, 1.54) is 11.9 Å². The van der Waals surface area contributed by atoms with Crippen LogP contribution in [-0.4, -0.2) is 59.0 Å². The molecule has 128 valence electrons. The molecular formula is C16H18BrN3O3S. The molecule has 1 aromatic rings. The van der Waals surface area contributed by atoms with Gasteiger partial charge in [-0.05, 0) is 36.9 Å². The molecule has 8 heteroatoms. The first-order valence-corrected chi connectivity index (χ1v) is 9.64. The Kier molecular flexibility index (Phi) is 4.11. The third-order valence-electron chi connectivity index (χ3n) is 5.22. The number of amides is 1. The monoisotopic (exact) mass is 411 g/mol. The van der Waals surface area contributed by atoms with Crippen molar-refractivity contribution < 1.29 is 14.7 Å². The Balaban J connectivity index is 1.75. The number of rotatable bonds is 2. The minimum atomic E-state index is -1.70. The summed E-state index contributed by atoms with van der Waals surface area (Å²) in [7, 11) is 0. The highest BCUT2D eigenvalue weighted by Crippen LogP contribution is 2.43. The predicted octanol–water partition coefficient (Wildman–Crippen LogP) is 1.65. The molecule has 1 atom stereocenters. The van der Waals surface area contributed by atoms with Gasteiger partial charge in [-0.15, -0.1) is 0 Å². The molecule has 0 aliphatic carbocycles. The van der Waals surface area contributed by atoms with Crippen molar-refractivity contribution in [3.05, 3.63) is 28.2 Å². The molecule has 4 aliphatic heterocycles. The number of hydrogen-bond donors (Lipinski definition) is 2. The fraction of sp³-hybridized carbons (Fsp3) is 0.500. The lowest BCUT2D eigenvalue weighted by molar-refractivity contribution is -0.155. The highest BCUT2D eigenvalue weighted by molar-refractivity contribution is 9.10. The Morgan fingerprint density at radius 3 is 2.71 bits per heavy atom. The van der Waals surface area contributed by atoms with Crippen LogP contribution >= 0.6 is 27.9 Å². The molecule has 0 radical (unpaired) electrons. The van der Waals surface area contributed by atoms with Gasteiger partial charge in [0.2, 0.25) is 5.54 Å². The SMILES string of the molecule is O=C(O)C1(C(=O)N2CCN3CCC2CC3)NSc2cc(Br)ccc21. The van der Waals surface area contributed by atoms with Crippen LogP contribution in [0.2, 0.25) is 0 Å². The summed E-state index contributed by atoms with van der Waals surface area (Å²) in [5.41, 5.74) is -1.16. The van der Waals surface area contributed by atoms with Crippen LogP contribution in [0.25, 0.3) is 0 Å². The van der Waals surface area contributed by atoms with Gasteiger partial charge < -0.3 is 14.9 Å². The zero-order chi connectivity index (χ0) is 16.9. The Morgan fingerprint density at radius 1 is 1.25 bits per heavy atom. The van der Waals surface area contributed by atoms with Crippen molar-refractivity contribution in [2.75, 3.05) is 26.2 Å². The fourth-order valence-electron chi connectivity index (χ4n) is 3.86. The molecule has 2 bridgehead atoms. The summed E-state index contributed by atoms with van der Waals surface area (Å²) in [4.78, 5) is 30.5. The topological polar surface area (TPSA) is 72.9 Å². The second kappa shape index (κ2) is 6.01. The van der Waals surface area contributed by atoms with E-state index in [1.54, 1.807) is 17.0 Å². The summed E-state index contributed by atoms with van der Waals surface area (Å²) in [6.07, 6.45) is 1.84. The van der Waals surface area contributed by atoms with Gasteiger partial charge in [0.05, 0.1) is 0 Å². The first-order chi connectivity index (χ1) is 11.5. The second-order valence-electron chi connectivity index (χ2n) is 6.47. The predicted molar refractivity (Wildman–Crippen MR) is 93.6 cm³/mol. The van der Waals surface area contributed by atoms with Gasteiger partial charge in [-0.2, -0.15) is 0 Å². The summed E-state index contributed by atoms with van der Waals surface area (Å²) in [5.74, 6) is -1.47. The summed E-state index contributed by atoms with van der Waals surface area (Å²) < 4.78 is 3.80. The minimum absolute atomic E-state index is 0.138. The Bertz CT molecular complexity index is 708. The fourth-order valence-corrected chi connectivity index (χ4v) is 5.43. The average Bonchev–Trinajstić information content (AvgIpc) is 2.71. The number of fused-ring (bicyclic) bond motifs is 5. The maximum absolute atomic E-state index is 13.4. The number of piperidine rings is 1. The van der Waals surface area contributed by atoms with Crippen molar-refractivity contribution >= 4 is 39.8 Å². The van der Waals surface area contributed by atoms with E-state index in [4.69, 9.17) is 0 Å². The zero-order valence-electron chi connectivity index (χ0n) is 13.0. The van der Waals surface area contributed by atoms with Gasteiger partial charge in [0.15, 0.2) is 0 Å². The summed E-state index contributed by atoms with van der Waals surface area (Å²) in [5, 5.41) is 9.98. The molecule has 4 heterocycles. The number of aliphatic carboxylic acids is 1. The van der Waals surface area contributed by atoms with Gasteiger partial charge >= 0.3 is 5.97 Å². The molecule has 1 amide bonds. The van der Waals surface area contributed by atoms with E-state index in [0.29, 0.717) is 12.1 Å². The molecule has 3 saturated heterocycles. The number of carbonyl (C=O) groups is 2. The molecule has 3 fully saturated rings. The molecule has 6 nitrogen and oxygen atoms in total. The molecule has 1 aromatic carbocycles. The van der Waals surface area contributed by atoms with Crippen molar-refractivity contribution in [3.63, 3.8) is 0 Å². The molecule has 2 N–H and O–H groups in total. The Labute approximate surface area is 152 Å². The van der Waals surface area contributed by atoms with Crippen molar-refractivity contribution in [1.29, 1.82) is 0 Å². The van der Waals surface area contributed by atoms with Crippen LogP contribution in [0.5, 0.6) is 0 Å². The molecule has 0 saturated carbocycles. The van der Waals surface area contributed by atoms with Crippen molar-refractivity contribution in [2.45, 2.75) is 29.3 Å². The highest BCUT2D eigenvalue weighted by Gasteiger charge is 2.56. The molecule has 5 rings (SSSR count). The Morgan fingerprint density at radius 2 is 2.00 bits per heavy atom. The number of carboxylic acid groups (broad SMARTS) is 1. The third-order valence-corrected chi connectivity index (χ3v) is 6.68. The van der Waals surface area contributed by atoms with E-state index in [2.05, 4.69) is 25.6 Å². The minimum Gasteiger partial charge on any atom is -0.479 e. The average molecular weight is 412 g/mol. The van der Waals surface area contributed by atoms with E-state index < -0.39 is 11.5 Å². The van der Waals surface area contributed by atoms with Crippen LogP contribution in [0.15, 0.2) is 27.6 Å². The standard InChI is InChI=1S/C16H18BrN3O3S/c17-10-1-2-12-13(9-10)24-18-16(12,15(22)23)14(21)20-8-7-19-5-3-11(20)4-6-19/h1-2,9,11,18H,3-8H2,(H,22,23). The summed E-state index contributed by atoms with van der Waals surface area (Å²) in [6.45, 7) is 3.38. The van der Waals surface area contributed by atoms with E-state index in [1.807, 2.05) is 6.07 Å². The maximum atomic E-state index is 13.4. The molecule has 4 aliphatic rings. The van der Waals surface area contributed by atoms with Crippen LogP contribution in [0.4, 0.5) is 0 Å². The van der Waals surface area contributed by atoms with E-state index in [-0.39, 0.29) is 11.9 Å². The summed E-state index contributed by atoms with van der Waals surface area (Å²) in [6, 6.07) is 5.51. The van der Waals surface area contributed by atoms with Gasteiger partial charge in [0.1, 0.15) is 0 Å². The third kappa shape index (κ3) is 2.39. The number of nitrogens with zero attached hydrogens (tertiary/aromatic N) is 2. The highest BCUT2D eigenvalue weighted by atomic mass is 79.9. The van der Waals surface area contributed by atoms with Crippen molar-refractivity contribution in [3.8, 4) is 0 Å². The summed E-state index contributed by atoms with van der Waals surface area (Å²) >= 11 is 4.62. The van der Waals surface area contributed by atoms with Gasteiger partial charge in [0.25, 0.3) is 5.91 Å². The molecule has 1 unspecified atom stereocenters. The molecule has 24 heavy (non-hydrogen) atoms. The Hall–Kier alpha value is -1.09. The van der Waals surface area contributed by atoms with Gasteiger partial charge in [-0.3, -0.25) is 4.79 Å². The van der Waals surface area contributed by atoms with Crippen LogP contribution in [0.1, 0.15) is 18.4 Å². The zero-order valence-corrected chi connectivity index (χ0v) is 15.4. The lowest BCUT2D eigenvalue weighted by Gasteiger charge is -2.36. The largest absolute Gasteiger partial charge is 0.479 e. The molecular weight excluding hydrogens is 394 g/mol. The van der Waals surface area contributed by atoms with Crippen LogP contribution in [0, 0.1) is 0 Å². The van der Waals surface area contributed by atoms with Gasteiger partial charge in [0, 0.05) is 47.2 Å². The second-order valence-corrected chi connectivity index (χ2v) is 8.23. The van der Waals surface area contributed by atoms with E-state index in [9.17, 15) is 14.7 Å². The van der Waals surface area contributed by atoms with Crippen molar-refractivity contribution in [1.82, 2.24) is 14.5 Å². The first-order valence-electron chi connectivity index (χ1n) is 8.03. The number of nitrogens with one attached hydrogen (secondary N) is 1. The quantitative estimate of drug-likeness (QED) is 0.569. The molecule has 0 spiro atoms. The van der Waals surface area contributed by atoms with Gasteiger partial charge in [-0.1, -0.05) is 22.0 Å². The van der Waals surface area contributed by atoms with E-state index in [0.717, 1.165) is 41.8 Å². The maximum Gasteiger partial charge on any atom is 0.339 e. The normalized spacial score (nSPS) is 31.6. The van der Waals surface area contributed by atoms with Crippen molar-refractivity contribution in [2.24, 2.45) is 0 Å². The van der Waals surface area contributed by atoms with Crippen LogP contribution in [0.3, 0.4) is 0 Å². The number of halogens is 1.